The first kappa shape index (κ1) is 30.1. The summed E-state index contributed by atoms with van der Waals surface area (Å²) in [6.07, 6.45) is -7.84. The van der Waals surface area contributed by atoms with Crippen molar-refractivity contribution in [2.75, 3.05) is 0 Å². The molecule has 0 saturated carbocycles. The van der Waals surface area contributed by atoms with E-state index in [1.165, 1.54) is 72.8 Å². The van der Waals surface area contributed by atoms with Crippen LogP contribution in [0, 0.1) is 0 Å². The number of hydrogen-bond acceptors (Lipinski definition) is 9. The zero-order chi connectivity index (χ0) is 30.8. The average molecular weight is 583 g/mol. The Morgan fingerprint density at radius 3 is 1.56 bits per heavy atom. The van der Waals surface area contributed by atoms with E-state index < -0.39 is 59.1 Å². The SMILES string of the molecule is O=C(C(O)c1ccccc1)[C@H]1O[C@H](O)[C@](O)(C(=O)c2ccccc2)[C@](O)(Cc2ccccc2)[C@@]1(O)C(=O)c1ccccc1. The van der Waals surface area contributed by atoms with Crippen LogP contribution >= 0.6 is 0 Å². The van der Waals surface area contributed by atoms with Gasteiger partial charge in [-0.05, 0) is 11.1 Å². The molecule has 1 aliphatic rings. The van der Waals surface area contributed by atoms with Crippen LogP contribution < -0.4 is 0 Å². The monoisotopic (exact) mass is 582 g/mol. The van der Waals surface area contributed by atoms with Crippen LogP contribution in [0.5, 0.6) is 0 Å². The lowest BCUT2D eigenvalue weighted by Gasteiger charge is -2.58. The number of carbonyl (C=O) groups is 3. The Hall–Kier alpha value is -4.35. The molecule has 9 nitrogen and oxygen atoms in total. The van der Waals surface area contributed by atoms with Crippen molar-refractivity contribution in [2.45, 2.75) is 41.7 Å². The molecule has 1 unspecified atom stereocenters. The first-order chi connectivity index (χ1) is 20.6. The minimum absolute atomic E-state index is 0.0768. The van der Waals surface area contributed by atoms with Gasteiger partial charge in [0, 0.05) is 17.5 Å². The van der Waals surface area contributed by atoms with Gasteiger partial charge < -0.3 is 30.3 Å². The van der Waals surface area contributed by atoms with E-state index in [4.69, 9.17) is 4.74 Å². The minimum atomic E-state index is -3.42. The first-order valence-corrected chi connectivity index (χ1v) is 13.6. The second-order valence-electron chi connectivity index (χ2n) is 10.5. The number of Topliss-reactive ketones (excluding diaryl/α,β-unsaturated/α-hetero) is 3. The quantitative estimate of drug-likeness (QED) is 0.186. The van der Waals surface area contributed by atoms with E-state index in [0.717, 1.165) is 0 Å². The molecule has 0 bridgehead atoms. The highest BCUT2D eigenvalue weighted by Crippen LogP contribution is 2.50. The smallest absolute Gasteiger partial charge is 0.211 e. The Bertz CT molecular complexity index is 1600. The molecule has 0 amide bonds. The van der Waals surface area contributed by atoms with Crippen molar-refractivity contribution in [2.24, 2.45) is 0 Å². The number of rotatable bonds is 9. The molecule has 6 atom stereocenters. The number of hydrogen-bond donors (Lipinski definition) is 5. The number of aliphatic hydroxyl groups is 5. The first-order valence-electron chi connectivity index (χ1n) is 13.6. The van der Waals surface area contributed by atoms with E-state index in [0.29, 0.717) is 0 Å². The van der Waals surface area contributed by atoms with Crippen LogP contribution in [0.25, 0.3) is 0 Å². The molecule has 4 aromatic rings. The third-order valence-electron chi connectivity index (χ3n) is 7.97. The molecule has 5 N–H and O–H groups in total. The normalized spacial score (nSPS) is 27.7. The standard InChI is InChI=1S/C34H30O9/c35-26(23-15-7-2-8-16-23)27(36)30-33(41,28(37)24-17-9-3-10-18-24)32(40,21-22-13-5-1-6-14-22)34(42,31(39)43-30)29(38)25-19-11-4-12-20-25/h1-20,26,30-31,35,39-42H,21H2/t26?,30-,31+,32+,33-,34-/m1/s1. The zero-order valence-corrected chi connectivity index (χ0v) is 22.9. The third-order valence-corrected chi connectivity index (χ3v) is 7.97. The maximum atomic E-state index is 14.3. The van der Waals surface area contributed by atoms with Crippen molar-refractivity contribution < 1.29 is 44.7 Å². The van der Waals surface area contributed by atoms with Crippen molar-refractivity contribution in [1.82, 2.24) is 0 Å². The van der Waals surface area contributed by atoms with Gasteiger partial charge in [0.2, 0.25) is 17.2 Å². The summed E-state index contributed by atoms with van der Waals surface area (Å²) in [6, 6.07) is 29.8. The van der Waals surface area contributed by atoms with Gasteiger partial charge in [-0.15, -0.1) is 0 Å². The molecule has 1 saturated heterocycles. The molecule has 220 valence electrons. The molecule has 1 fully saturated rings. The fourth-order valence-corrected chi connectivity index (χ4v) is 5.64. The van der Waals surface area contributed by atoms with Crippen LogP contribution in [0.15, 0.2) is 121 Å². The number of benzene rings is 4. The van der Waals surface area contributed by atoms with Gasteiger partial charge in [-0.3, -0.25) is 14.4 Å². The molecule has 9 heteroatoms. The van der Waals surface area contributed by atoms with Crippen LogP contribution in [0.1, 0.15) is 37.9 Å². The van der Waals surface area contributed by atoms with E-state index in [2.05, 4.69) is 0 Å². The predicted molar refractivity (Wildman–Crippen MR) is 154 cm³/mol. The van der Waals surface area contributed by atoms with Gasteiger partial charge in [-0.25, -0.2) is 0 Å². The summed E-state index contributed by atoms with van der Waals surface area (Å²) in [5.41, 5.74) is -10.2. The molecule has 0 radical (unpaired) electrons. The lowest BCUT2D eigenvalue weighted by molar-refractivity contribution is -0.354. The van der Waals surface area contributed by atoms with E-state index >= 15 is 0 Å². The van der Waals surface area contributed by atoms with Gasteiger partial charge in [0.25, 0.3) is 0 Å². The highest BCUT2D eigenvalue weighted by molar-refractivity contribution is 6.11. The average Bonchev–Trinajstić information content (AvgIpc) is 3.05. The van der Waals surface area contributed by atoms with E-state index in [9.17, 15) is 39.9 Å². The van der Waals surface area contributed by atoms with Crippen molar-refractivity contribution in [3.8, 4) is 0 Å². The zero-order valence-electron chi connectivity index (χ0n) is 22.9. The Kier molecular flexibility index (Phi) is 8.22. The second kappa shape index (κ2) is 11.7. The topological polar surface area (TPSA) is 162 Å². The Morgan fingerprint density at radius 2 is 1.07 bits per heavy atom. The van der Waals surface area contributed by atoms with Crippen molar-refractivity contribution >= 4 is 17.3 Å². The molecular formula is C34H30O9. The van der Waals surface area contributed by atoms with Gasteiger partial charge in [0.15, 0.2) is 23.8 Å². The van der Waals surface area contributed by atoms with Crippen LogP contribution in [-0.4, -0.2) is 72.1 Å². The summed E-state index contributed by atoms with van der Waals surface area (Å²) in [5.74, 6) is -3.85. The van der Waals surface area contributed by atoms with Gasteiger partial charge >= 0.3 is 0 Å². The maximum absolute atomic E-state index is 14.3. The summed E-state index contributed by atoms with van der Waals surface area (Å²) < 4.78 is 5.48. The van der Waals surface area contributed by atoms with Gasteiger partial charge in [0.1, 0.15) is 11.7 Å². The summed E-state index contributed by atoms with van der Waals surface area (Å²) in [4.78, 5) is 42.2. The lowest BCUT2D eigenvalue weighted by atomic mass is 9.58. The Labute approximate surface area is 247 Å². The fraction of sp³-hybridized carbons (Fsp3) is 0.206. The number of ketones is 3. The van der Waals surface area contributed by atoms with E-state index in [1.807, 2.05) is 0 Å². The summed E-state index contributed by atoms with van der Waals surface area (Å²) in [6.45, 7) is 0. The molecule has 0 aliphatic carbocycles. The Morgan fingerprint density at radius 1 is 0.651 bits per heavy atom. The highest BCUT2D eigenvalue weighted by atomic mass is 16.6. The number of carbonyl (C=O) groups excluding carboxylic acids is 3. The van der Waals surface area contributed by atoms with Gasteiger partial charge in [-0.1, -0.05) is 121 Å². The molecule has 5 rings (SSSR count). The van der Waals surface area contributed by atoms with Gasteiger partial charge in [0.05, 0.1) is 0 Å². The number of ether oxygens (including phenoxy) is 1. The molecule has 0 spiro atoms. The molecule has 4 aromatic carbocycles. The second-order valence-corrected chi connectivity index (χ2v) is 10.5. The third kappa shape index (κ3) is 4.92. The van der Waals surface area contributed by atoms with Crippen molar-refractivity contribution in [1.29, 1.82) is 0 Å². The summed E-state index contributed by atoms with van der Waals surface area (Å²) in [5, 5.41) is 59.8. The van der Waals surface area contributed by atoms with E-state index in [-0.39, 0.29) is 22.3 Å². The van der Waals surface area contributed by atoms with Crippen molar-refractivity contribution in [3.63, 3.8) is 0 Å². The fourth-order valence-electron chi connectivity index (χ4n) is 5.64. The largest absolute Gasteiger partial charge is 0.382 e. The van der Waals surface area contributed by atoms with Crippen molar-refractivity contribution in [3.05, 3.63) is 144 Å². The van der Waals surface area contributed by atoms with Crippen LogP contribution in [-0.2, 0) is 16.0 Å². The maximum Gasteiger partial charge on any atom is 0.211 e. The van der Waals surface area contributed by atoms with Crippen LogP contribution in [0.4, 0.5) is 0 Å². The minimum Gasteiger partial charge on any atom is -0.382 e. The van der Waals surface area contributed by atoms with E-state index in [1.54, 1.807) is 48.5 Å². The van der Waals surface area contributed by atoms with Crippen LogP contribution in [0.2, 0.25) is 0 Å². The Balaban J connectivity index is 1.77. The molecule has 1 aliphatic heterocycles. The molecule has 1 heterocycles. The molecule has 0 aromatic heterocycles. The van der Waals surface area contributed by atoms with Gasteiger partial charge in [-0.2, -0.15) is 0 Å². The summed E-state index contributed by atoms with van der Waals surface area (Å²) in [7, 11) is 0. The highest BCUT2D eigenvalue weighted by Gasteiger charge is 2.78. The molecule has 43 heavy (non-hydrogen) atoms. The molecular weight excluding hydrogens is 552 g/mol. The number of aliphatic hydroxyl groups excluding tert-OH is 2. The predicted octanol–water partition coefficient (Wildman–Crippen LogP) is 2.21. The lowest BCUT2D eigenvalue weighted by Crippen LogP contribution is -2.85. The summed E-state index contributed by atoms with van der Waals surface area (Å²) >= 11 is 0. The van der Waals surface area contributed by atoms with Crippen LogP contribution in [0.3, 0.4) is 0 Å².